The van der Waals surface area contributed by atoms with Gasteiger partial charge in [-0.1, -0.05) is 25.3 Å². The first kappa shape index (κ1) is 30.2. The summed E-state index contributed by atoms with van der Waals surface area (Å²) in [5, 5.41) is 5.32. The number of benzene rings is 1. The topological polar surface area (TPSA) is 74.4 Å². The molecule has 2 fully saturated rings. The van der Waals surface area contributed by atoms with Crippen molar-refractivity contribution in [2.75, 3.05) is 53.5 Å². The van der Waals surface area contributed by atoms with E-state index in [0.29, 0.717) is 37.6 Å². The summed E-state index contributed by atoms with van der Waals surface area (Å²) in [5.41, 5.74) is 2.26. The third-order valence-corrected chi connectivity index (χ3v) is 9.21. The molecule has 2 aliphatic rings. The van der Waals surface area contributed by atoms with Gasteiger partial charge >= 0.3 is 6.03 Å². The Hall–Kier alpha value is -2.78. The quantitative estimate of drug-likeness (QED) is 0.363. The monoisotopic (exact) mass is 570 g/mol. The number of rotatable bonds is 13. The zero-order chi connectivity index (χ0) is 28.3. The van der Waals surface area contributed by atoms with Crippen LogP contribution in [0, 0.1) is 6.92 Å². The minimum Gasteiger partial charge on any atom is -0.493 e. The fourth-order valence-corrected chi connectivity index (χ4v) is 6.55. The first-order valence-corrected chi connectivity index (χ1v) is 15.6. The normalized spacial score (nSPS) is 16.1. The Kier molecular flexibility index (Phi) is 11.5. The number of methoxy groups -OCH3 is 2. The van der Waals surface area contributed by atoms with Gasteiger partial charge in [0.05, 0.1) is 20.8 Å². The van der Waals surface area contributed by atoms with Crippen molar-refractivity contribution in [3.8, 4) is 11.5 Å². The zero-order valence-corrected chi connectivity index (χ0v) is 25.3. The number of aryl methyl sites for hydroxylation is 1. The summed E-state index contributed by atoms with van der Waals surface area (Å²) in [4.78, 5) is 34.6. The summed E-state index contributed by atoms with van der Waals surface area (Å²) in [6, 6.07) is 8.08. The van der Waals surface area contributed by atoms with Crippen molar-refractivity contribution >= 4 is 23.3 Å². The Morgan fingerprint density at radius 1 is 0.975 bits per heavy atom. The predicted molar refractivity (Wildman–Crippen MR) is 160 cm³/mol. The number of thiophene rings is 1. The van der Waals surface area contributed by atoms with Gasteiger partial charge in [0.25, 0.3) is 0 Å². The van der Waals surface area contributed by atoms with E-state index in [1.165, 1.54) is 29.7 Å². The molecule has 4 rings (SSSR count). The SMILES string of the molecule is COc1ccc(CCN(Cc2sccc2C)C(=O)CN(CCN2CCCC2)C(=O)NC2CCCCC2)cc1OC. The van der Waals surface area contributed by atoms with Crippen molar-refractivity contribution in [3.63, 3.8) is 0 Å². The fraction of sp³-hybridized carbons (Fsp3) is 0.613. The summed E-state index contributed by atoms with van der Waals surface area (Å²) in [6.45, 7) is 6.77. The van der Waals surface area contributed by atoms with Crippen LogP contribution in [0.5, 0.6) is 11.5 Å². The molecule has 1 saturated carbocycles. The molecule has 0 atom stereocenters. The minimum atomic E-state index is -0.105. The highest BCUT2D eigenvalue weighted by molar-refractivity contribution is 7.10. The third-order valence-electron chi connectivity index (χ3n) is 8.20. The van der Waals surface area contributed by atoms with Crippen LogP contribution < -0.4 is 14.8 Å². The molecule has 1 saturated heterocycles. The number of urea groups is 1. The Balaban J connectivity index is 1.46. The molecule has 0 spiro atoms. The lowest BCUT2D eigenvalue weighted by atomic mass is 9.96. The second kappa shape index (κ2) is 15.3. The number of hydrogen-bond donors (Lipinski definition) is 1. The highest BCUT2D eigenvalue weighted by Crippen LogP contribution is 2.28. The molecule has 2 aromatic rings. The number of carbonyl (C=O) groups is 2. The van der Waals surface area contributed by atoms with Crippen molar-refractivity contribution in [1.82, 2.24) is 20.0 Å². The number of carbonyl (C=O) groups excluding carboxylic acids is 2. The fourth-order valence-electron chi connectivity index (χ4n) is 5.63. The van der Waals surface area contributed by atoms with Crippen LogP contribution in [0.15, 0.2) is 29.6 Å². The molecule has 2 heterocycles. The Labute approximate surface area is 243 Å². The number of amides is 3. The first-order chi connectivity index (χ1) is 19.5. The van der Waals surface area contributed by atoms with E-state index in [-0.39, 0.29) is 24.5 Å². The van der Waals surface area contributed by atoms with Crippen LogP contribution in [0.3, 0.4) is 0 Å². The van der Waals surface area contributed by atoms with Gasteiger partial charge in [-0.2, -0.15) is 0 Å². The first-order valence-electron chi connectivity index (χ1n) is 14.8. The highest BCUT2D eigenvalue weighted by Gasteiger charge is 2.26. The Morgan fingerprint density at radius 3 is 2.40 bits per heavy atom. The van der Waals surface area contributed by atoms with Gasteiger partial charge in [-0.3, -0.25) is 4.79 Å². The molecule has 1 aliphatic carbocycles. The second-order valence-corrected chi connectivity index (χ2v) is 12.0. The average Bonchev–Trinajstić information content (AvgIpc) is 3.65. The lowest BCUT2D eigenvalue weighted by Crippen LogP contribution is -2.51. The molecule has 1 aromatic heterocycles. The second-order valence-electron chi connectivity index (χ2n) is 11.0. The lowest BCUT2D eigenvalue weighted by Gasteiger charge is -2.31. The molecule has 3 amide bonds. The van der Waals surface area contributed by atoms with Gasteiger partial charge in [-0.25, -0.2) is 4.79 Å². The lowest BCUT2D eigenvalue weighted by molar-refractivity contribution is -0.132. The van der Waals surface area contributed by atoms with Gasteiger partial charge in [-0.05, 0) is 86.8 Å². The minimum absolute atomic E-state index is 0.0199. The van der Waals surface area contributed by atoms with E-state index in [2.05, 4.69) is 28.6 Å². The van der Waals surface area contributed by atoms with Crippen LogP contribution >= 0.6 is 11.3 Å². The van der Waals surface area contributed by atoms with Crippen LogP contribution in [0.4, 0.5) is 4.79 Å². The van der Waals surface area contributed by atoms with Gasteiger partial charge < -0.3 is 29.5 Å². The third kappa shape index (κ3) is 8.61. The predicted octanol–water partition coefficient (Wildman–Crippen LogP) is 5.09. The van der Waals surface area contributed by atoms with Gasteiger partial charge in [0.1, 0.15) is 6.54 Å². The van der Waals surface area contributed by atoms with Gasteiger partial charge in [0, 0.05) is 30.6 Å². The van der Waals surface area contributed by atoms with Gasteiger partial charge in [0.15, 0.2) is 11.5 Å². The molecule has 220 valence electrons. The van der Waals surface area contributed by atoms with E-state index in [1.807, 2.05) is 23.1 Å². The number of likely N-dealkylation sites (tertiary alicyclic amines) is 1. The number of ether oxygens (including phenoxy) is 2. The molecule has 0 bridgehead atoms. The van der Waals surface area contributed by atoms with E-state index < -0.39 is 0 Å². The van der Waals surface area contributed by atoms with E-state index in [9.17, 15) is 9.59 Å². The smallest absolute Gasteiger partial charge is 0.318 e. The zero-order valence-electron chi connectivity index (χ0n) is 24.5. The van der Waals surface area contributed by atoms with Crippen molar-refractivity contribution in [3.05, 3.63) is 45.6 Å². The van der Waals surface area contributed by atoms with E-state index in [0.717, 1.165) is 50.9 Å². The van der Waals surface area contributed by atoms with Crippen LogP contribution in [0.1, 0.15) is 60.9 Å². The number of nitrogens with zero attached hydrogens (tertiary/aromatic N) is 3. The highest BCUT2D eigenvalue weighted by atomic mass is 32.1. The average molecular weight is 571 g/mol. The van der Waals surface area contributed by atoms with Crippen molar-refractivity contribution < 1.29 is 19.1 Å². The van der Waals surface area contributed by atoms with Gasteiger partial charge in [-0.15, -0.1) is 11.3 Å². The van der Waals surface area contributed by atoms with Crippen molar-refractivity contribution in [1.29, 1.82) is 0 Å². The summed E-state index contributed by atoms with van der Waals surface area (Å²) in [5.74, 6) is 1.35. The standard InChI is InChI=1S/C31H46N4O4S/c1-24-14-20-40-29(24)22-34(17-13-25-11-12-27(38-2)28(21-25)39-3)30(36)23-35(19-18-33-15-7-8-16-33)31(37)32-26-9-5-4-6-10-26/h11-12,14,20-21,26H,4-10,13,15-19,22-23H2,1-3H3,(H,32,37). The van der Waals surface area contributed by atoms with Crippen molar-refractivity contribution in [2.45, 2.75) is 70.9 Å². The molecule has 9 heteroatoms. The summed E-state index contributed by atoms with van der Waals surface area (Å²) < 4.78 is 10.9. The number of hydrogen-bond acceptors (Lipinski definition) is 6. The molecule has 8 nitrogen and oxygen atoms in total. The maximum absolute atomic E-state index is 13.9. The number of nitrogens with one attached hydrogen (secondary N) is 1. The maximum atomic E-state index is 13.9. The van der Waals surface area contributed by atoms with Crippen molar-refractivity contribution in [2.24, 2.45) is 0 Å². The summed E-state index contributed by atoms with van der Waals surface area (Å²) in [7, 11) is 3.26. The molecule has 0 radical (unpaired) electrons. The molecule has 1 aromatic carbocycles. The molecule has 0 unspecified atom stereocenters. The molecule has 1 N–H and O–H groups in total. The van der Waals surface area contributed by atoms with E-state index in [4.69, 9.17) is 9.47 Å². The van der Waals surface area contributed by atoms with Crippen LogP contribution in [-0.2, 0) is 17.8 Å². The van der Waals surface area contributed by atoms with Crippen LogP contribution in [-0.4, -0.2) is 86.2 Å². The van der Waals surface area contributed by atoms with Crippen LogP contribution in [0.2, 0.25) is 0 Å². The molecule has 1 aliphatic heterocycles. The Morgan fingerprint density at radius 2 is 1.73 bits per heavy atom. The molecular weight excluding hydrogens is 524 g/mol. The van der Waals surface area contributed by atoms with E-state index in [1.54, 1.807) is 30.5 Å². The molecular formula is C31H46N4O4S. The van der Waals surface area contributed by atoms with E-state index >= 15 is 0 Å². The molecule has 40 heavy (non-hydrogen) atoms. The largest absolute Gasteiger partial charge is 0.493 e. The van der Waals surface area contributed by atoms with Crippen LogP contribution in [0.25, 0.3) is 0 Å². The maximum Gasteiger partial charge on any atom is 0.318 e. The van der Waals surface area contributed by atoms with Gasteiger partial charge in [0.2, 0.25) is 5.91 Å². The Bertz CT molecular complexity index is 1090. The summed E-state index contributed by atoms with van der Waals surface area (Å²) in [6.07, 6.45) is 8.68. The summed E-state index contributed by atoms with van der Waals surface area (Å²) >= 11 is 1.67.